The fourth-order valence-corrected chi connectivity index (χ4v) is 2.18. The first kappa shape index (κ1) is 12.7. The molecule has 1 aliphatic rings. The molecule has 0 radical (unpaired) electrons. The lowest BCUT2D eigenvalue weighted by atomic mass is 10.2. The molecule has 2 heterocycles. The molecule has 7 heteroatoms. The number of hydrogen-bond acceptors (Lipinski definition) is 5. The average molecular weight is 265 g/mol. The molecular weight excluding hydrogens is 250 g/mol. The normalized spacial score (nSPS) is 18.7. The van der Waals surface area contributed by atoms with Crippen LogP contribution in [0.2, 0.25) is 0 Å². The smallest absolute Gasteiger partial charge is 0.242 e. The third-order valence-corrected chi connectivity index (χ3v) is 3.20. The highest BCUT2D eigenvalue weighted by Crippen LogP contribution is 2.23. The molecule has 0 saturated carbocycles. The Balaban J connectivity index is 2.20. The summed E-state index contributed by atoms with van der Waals surface area (Å²) in [6.07, 6.45) is 4.95. The molecular formula is C11H15N5OS. The van der Waals surface area contributed by atoms with Gasteiger partial charge in [-0.15, -0.1) is 0 Å². The number of likely N-dealkylation sites (N-methyl/N-ethyl adjacent to an activating group) is 1. The van der Waals surface area contributed by atoms with E-state index in [4.69, 9.17) is 18.0 Å². The second-order valence-corrected chi connectivity index (χ2v) is 4.53. The fourth-order valence-electron chi connectivity index (χ4n) is 2.08. The SMILES string of the molecule is CNC(=O)C1CCCN1c1cnc(C(N)=S)cn1. The van der Waals surface area contributed by atoms with E-state index in [1.807, 2.05) is 4.90 Å². The molecule has 18 heavy (non-hydrogen) atoms. The van der Waals surface area contributed by atoms with Crippen molar-refractivity contribution in [3.8, 4) is 0 Å². The van der Waals surface area contributed by atoms with E-state index in [1.165, 1.54) is 6.20 Å². The van der Waals surface area contributed by atoms with E-state index in [9.17, 15) is 4.79 Å². The van der Waals surface area contributed by atoms with E-state index in [-0.39, 0.29) is 16.9 Å². The van der Waals surface area contributed by atoms with Gasteiger partial charge in [0.05, 0.1) is 12.4 Å². The van der Waals surface area contributed by atoms with Crippen LogP contribution < -0.4 is 16.0 Å². The van der Waals surface area contributed by atoms with Crippen LogP contribution in [0.3, 0.4) is 0 Å². The van der Waals surface area contributed by atoms with E-state index in [2.05, 4.69) is 15.3 Å². The Hall–Kier alpha value is -1.76. The molecule has 1 unspecified atom stereocenters. The Morgan fingerprint density at radius 2 is 2.33 bits per heavy atom. The zero-order valence-electron chi connectivity index (χ0n) is 10.1. The van der Waals surface area contributed by atoms with Gasteiger partial charge in [-0.3, -0.25) is 4.79 Å². The van der Waals surface area contributed by atoms with E-state index < -0.39 is 0 Å². The van der Waals surface area contributed by atoms with Crippen molar-refractivity contribution < 1.29 is 4.79 Å². The number of nitrogens with one attached hydrogen (secondary N) is 1. The summed E-state index contributed by atoms with van der Waals surface area (Å²) in [5.41, 5.74) is 5.96. The molecule has 96 valence electrons. The van der Waals surface area contributed by atoms with E-state index in [0.29, 0.717) is 11.5 Å². The molecule has 1 saturated heterocycles. The van der Waals surface area contributed by atoms with Gasteiger partial charge in [-0.2, -0.15) is 0 Å². The minimum absolute atomic E-state index is 0.00715. The third-order valence-electron chi connectivity index (χ3n) is 2.99. The Labute approximate surface area is 111 Å². The number of nitrogens with two attached hydrogens (primary N) is 1. The van der Waals surface area contributed by atoms with Crippen LogP contribution in [0, 0.1) is 0 Å². The van der Waals surface area contributed by atoms with Crippen molar-refractivity contribution in [2.24, 2.45) is 5.73 Å². The lowest BCUT2D eigenvalue weighted by molar-refractivity contribution is -0.121. The number of carbonyl (C=O) groups excluding carboxylic acids is 1. The number of hydrogen-bond donors (Lipinski definition) is 2. The summed E-state index contributed by atoms with van der Waals surface area (Å²) in [5, 5.41) is 2.67. The zero-order valence-corrected chi connectivity index (χ0v) is 10.9. The summed E-state index contributed by atoms with van der Waals surface area (Å²) < 4.78 is 0. The highest BCUT2D eigenvalue weighted by Gasteiger charge is 2.31. The van der Waals surface area contributed by atoms with Gasteiger partial charge >= 0.3 is 0 Å². The van der Waals surface area contributed by atoms with Gasteiger partial charge in [-0.05, 0) is 12.8 Å². The van der Waals surface area contributed by atoms with E-state index in [1.54, 1.807) is 13.2 Å². The first-order valence-electron chi connectivity index (χ1n) is 5.73. The molecule has 1 amide bonds. The molecule has 1 atom stereocenters. The molecule has 0 aromatic carbocycles. The summed E-state index contributed by atoms with van der Waals surface area (Å²) in [7, 11) is 1.64. The summed E-state index contributed by atoms with van der Waals surface area (Å²) in [5.74, 6) is 0.689. The summed E-state index contributed by atoms with van der Waals surface area (Å²) in [6, 6.07) is -0.167. The minimum atomic E-state index is -0.167. The number of aromatic nitrogens is 2. The van der Waals surface area contributed by atoms with Crippen molar-refractivity contribution >= 4 is 28.9 Å². The van der Waals surface area contributed by atoms with Crippen LogP contribution in [0.4, 0.5) is 5.82 Å². The highest BCUT2D eigenvalue weighted by atomic mass is 32.1. The van der Waals surface area contributed by atoms with Crippen LogP contribution in [0.25, 0.3) is 0 Å². The van der Waals surface area contributed by atoms with Gasteiger partial charge in [-0.25, -0.2) is 9.97 Å². The Morgan fingerprint density at radius 1 is 1.56 bits per heavy atom. The van der Waals surface area contributed by atoms with Crippen LogP contribution >= 0.6 is 12.2 Å². The van der Waals surface area contributed by atoms with E-state index in [0.717, 1.165) is 19.4 Å². The van der Waals surface area contributed by atoms with Crippen LogP contribution in [0.15, 0.2) is 12.4 Å². The number of carbonyl (C=O) groups is 1. The molecule has 1 fully saturated rings. The van der Waals surface area contributed by atoms with Crippen molar-refractivity contribution in [3.63, 3.8) is 0 Å². The molecule has 0 bridgehead atoms. The molecule has 2 rings (SSSR count). The topological polar surface area (TPSA) is 84.1 Å². The van der Waals surface area contributed by atoms with Crippen LogP contribution in [0.1, 0.15) is 18.5 Å². The van der Waals surface area contributed by atoms with Crippen LogP contribution in [-0.2, 0) is 4.79 Å². The van der Waals surface area contributed by atoms with Crippen molar-refractivity contribution in [1.82, 2.24) is 15.3 Å². The lowest BCUT2D eigenvalue weighted by Crippen LogP contribution is -2.42. The summed E-state index contributed by atoms with van der Waals surface area (Å²) >= 11 is 4.82. The summed E-state index contributed by atoms with van der Waals surface area (Å²) in [6.45, 7) is 0.805. The molecule has 0 aliphatic carbocycles. The van der Waals surface area contributed by atoms with Crippen LogP contribution in [-0.4, -0.2) is 40.5 Å². The number of nitrogens with zero attached hydrogens (tertiary/aromatic N) is 3. The maximum atomic E-state index is 11.7. The fraction of sp³-hybridized carbons (Fsp3) is 0.455. The van der Waals surface area contributed by atoms with Gasteiger partial charge in [0, 0.05) is 13.6 Å². The minimum Gasteiger partial charge on any atom is -0.388 e. The molecule has 0 spiro atoms. The van der Waals surface area contributed by atoms with Gasteiger partial charge in [0.1, 0.15) is 22.5 Å². The van der Waals surface area contributed by atoms with E-state index >= 15 is 0 Å². The van der Waals surface area contributed by atoms with Gasteiger partial charge in [0.2, 0.25) is 5.91 Å². The van der Waals surface area contributed by atoms with Crippen molar-refractivity contribution in [2.45, 2.75) is 18.9 Å². The summed E-state index contributed by atoms with van der Waals surface area (Å²) in [4.78, 5) is 22.3. The maximum absolute atomic E-state index is 11.7. The van der Waals surface area contributed by atoms with Crippen molar-refractivity contribution in [1.29, 1.82) is 0 Å². The Bertz CT molecular complexity index is 461. The first-order valence-corrected chi connectivity index (χ1v) is 6.14. The first-order chi connectivity index (χ1) is 8.63. The predicted molar refractivity (Wildman–Crippen MR) is 72.4 cm³/mol. The molecule has 6 nitrogen and oxygen atoms in total. The van der Waals surface area contributed by atoms with Crippen molar-refractivity contribution in [3.05, 3.63) is 18.1 Å². The number of anilines is 1. The Morgan fingerprint density at radius 3 is 2.89 bits per heavy atom. The van der Waals surface area contributed by atoms with Gasteiger partial charge < -0.3 is 16.0 Å². The highest BCUT2D eigenvalue weighted by molar-refractivity contribution is 7.80. The third kappa shape index (κ3) is 2.40. The van der Waals surface area contributed by atoms with Gasteiger partial charge in [-0.1, -0.05) is 12.2 Å². The van der Waals surface area contributed by atoms with Gasteiger partial charge in [0.15, 0.2) is 0 Å². The number of thiocarbonyl (C=S) groups is 1. The number of amides is 1. The quantitative estimate of drug-likeness (QED) is 0.738. The number of rotatable bonds is 3. The molecule has 1 aromatic heterocycles. The molecule has 3 N–H and O–H groups in total. The average Bonchev–Trinajstić information content (AvgIpc) is 2.87. The predicted octanol–water partition coefficient (Wildman–Crippen LogP) is -0.174. The zero-order chi connectivity index (χ0) is 13.1. The maximum Gasteiger partial charge on any atom is 0.242 e. The standard InChI is InChI=1S/C11H15N5OS/c1-13-11(17)8-3-2-4-16(8)9-6-14-7(5-15-9)10(12)18/h5-6,8H,2-4H2,1H3,(H2,12,18)(H,13,17). The largest absolute Gasteiger partial charge is 0.388 e. The van der Waals surface area contributed by atoms with Crippen molar-refractivity contribution in [2.75, 3.05) is 18.5 Å². The lowest BCUT2D eigenvalue weighted by Gasteiger charge is -2.23. The monoisotopic (exact) mass is 265 g/mol. The molecule has 1 aliphatic heterocycles. The molecule has 1 aromatic rings. The second kappa shape index (κ2) is 5.26. The second-order valence-electron chi connectivity index (χ2n) is 4.09. The van der Waals surface area contributed by atoms with Gasteiger partial charge in [0.25, 0.3) is 0 Å². The Kier molecular flexibility index (Phi) is 3.71. The van der Waals surface area contributed by atoms with Crippen LogP contribution in [0.5, 0.6) is 0 Å².